The van der Waals surface area contributed by atoms with Crippen molar-refractivity contribution in [3.63, 3.8) is 0 Å². The summed E-state index contributed by atoms with van der Waals surface area (Å²) in [6.07, 6.45) is 3.99. The van der Waals surface area contributed by atoms with Crippen LogP contribution in [0.1, 0.15) is 61.2 Å². The number of aromatic nitrogens is 1. The summed E-state index contributed by atoms with van der Waals surface area (Å²) in [6, 6.07) is 12.0. The lowest BCUT2D eigenvalue weighted by Gasteiger charge is -2.23. The Hall–Kier alpha value is -2.44. The minimum Gasteiger partial charge on any atom is -0.387 e. The minimum absolute atomic E-state index is 0.0149. The molecule has 1 aromatic carbocycles. The van der Waals surface area contributed by atoms with Crippen molar-refractivity contribution in [1.82, 2.24) is 15.2 Å². The van der Waals surface area contributed by atoms with Crippen molar-refractivity contribution in [1.29, 1.82) is 0 Å². The van der Waals surface area contributed by atoms with Crippen LogP contribution in [0.2, 0.25) is 0 Å². The van der Waals surface area contributed by atoms with Gasteiger partial charge in [-0.2, -0.15) is 0 Å². The average Bonchev–Trinajstić information content (AvgIpc) is 3.15. The molecule has 0 saturated carbocycles. The molecule has 30 heavy (non-hydrogen) atoms. The van der Waals surface area contributed by atoms with E-state index >= 15 is 0 Å². The van der Waals surface area contributed by atoms with Gasteiger partial charge in [0, 0.05) is 49.0 Å². The van der Waals surface area contributed by atoms with Crippen LogP contribution in [-0.2, 0) is 6.42 Å². The number of carbonyl (C=O) groups excluding carboxylic acids is 1. The lowest BCUT2D eigenvalue weighted by Crippen LogP contribution is -2.35. The Balaban J connectivity index is 1.55. The molecule has 6 nitrogen and oxygen atoms in total. The van der Waals surface area contributed by atoms with Crippen molar-refractivity contribution >= 4 is 11.7 Å². The molecule has 162 valence electrons. The Morgan fingerprint density at radius 3 is 2.47 bits per heavy atom. The first-order valence-electron chi connectivity index (χ1n) is 10.6. The Kier molecular flexibility index (Phi) is 6.78. The molecule has 6 heteroatoms. The maximum atomic E-state index is 12.0. The summed E-state index contributed by atoms with van der Waals surface area (Å²) < 4.78 is 0. The van der Waals surface area contributed by atoms with Crippen LogP contribution >= 0.6 is 0 Å². The molecule has 1 saturated heterocycles. The van der Waals surface area contributed by atoms with Gasteiger partial charge in [0.2, 0.25) is 0 Å². The van der Waals surface area contributed by atoms with E-state index in [1.54, 1.807) is 25.2 Å². The molecule has 2 aromatic rings. The number of rotatable bonds is 6. The predicted molar refractivity (Wildman–Crippen MR) is 121 cm³/mol. The first-order valence-corrected chi connectivity index (χ1v) is 10.6. The highest BCUT2D eigenvalue weighted by atomic mass is 16.3. The second-order valence-electron chi connectivity index (χ2n) is 9.44. The van der Waals surface area contributed by atoms with Gasteiger partial charge in [-0.3, -0.25) is 4.79 Å². The molecule has 0 spiro atoms. The average molecular weight is 411 g/mol. The summed E-state index contributed by atoms with van der Waals surface area (Å²) in [7, 11) is 3.52. The summed E-state index contributed by atoms with van der Waals surface area (Å²) >= 11 is 0. The number of pyridine rings is 1. The number of nitrogens with zero attached hydrogens (tertiary/aromatic N) is 2. The van der Waals surface area contributed by atoms with Crippen LogP contribution in [0.25, 0.3) is 0 Å². The number of amides is 1. The minimum atomic E-state index is -0.578. The number of nitrogens with one attached hydrogen (secondary N) is 2. The molecule has 0 radical (unpaired) electrons. The normalized spacial score (nSPS) is 20.1. The van der Waals surface area contributed by atoms with Crippen molar-refractivity contribution < 1.29 is 9.90 Å². The molecule has 1 aliphatic heterocycles. The number of hydrogen-bond acceptors (Lipinski definition) is 5. The summed E-state index contributed by atoms with van der Waals surface area (Å²) in [5.74, 6) is 0.827. The van der Waals surface area contributed by atoms with Gasteiger partial charge in [-0.05, 0) is 63.8 Å². The standard InChI is InChI=1S/C24H34N4O2/c1-24(2,3)27-21-13-10-18(15-25-21)22(29)20-12-11-19(26-20)14-16-6-8-17(9-7-16)23(30)28(4)5/h6-10,13,15,19-20,22,26,29H,11-12,14H2,1-5H3,(H,25,27)/t19-,20+,22?/m0/s1. The van der Waals surface area contributed by atoms with Crippen LogP contribution in [0.15, 0.2) is 42.6 Å². The van der Waals surface area contributed by atoms with E-state index in [2.05, 4.69) is 36.4 Å². The third kappa shape index (κ3) is 5.80. The molecule has 3 atom stereocenters. The Labute approximate surface area is 179 Å². The highest BCUT2D eigenvalue weighted by molar-refractivity contribution is 5.93. The molecule has 3 rings (SSSR count). The van der Waals surface area contributed by atoms with E-state index in [1.165, 1.54) is 5.56 Å². The van der Waals surface area contributed by atoms with Crippen LogP contribution in [0.4, 0.5) is 5.82 Å². The van der Waals surface area contributed by atoms with Gasteiger partial charge >= 0.3 is 0 Å². The smallest absolute Gasteiger partial charge is 0.253 e. The molecule has 1 amide bonds. The molecule has 1 aromatic heterocycles. The van der Waals surface area contributed by atoms with Crippen LogP contribution < -0.4 is 10.6 Å². The maximum absolute atomic E-state index is 12.0. The van der Waals surface area contributed by atoms with E-state index < -0.39 is 6.10 Å². The van der Waals surface area contributed by atoms with Crippen LogP contribution in [0.5, 0.6) is 0 Å². The molecule has 1 aliphatic rings. The first kappa shape index (κ1) is 22.2. The van der Waals surface area contributed by atoms with E-state index in [0.717, 1.165) is 30.6 Å². The van der Waals surface area contributed by atoms with Gasteiger partial charge in [0.05, 0.1) is 6.10 Å². The number of benzene rings is 1. The van der Waals surface area contributed by atoms with E-state index in [-0.39, 0.29) is 17.5 Å². The molecule has 1 fully saturated rings. The third-order valence-electron chi connectivity index (χ3n) is 5.38. The van der Waals surface area contributed by atoms with Gasteiger partial charge in [0.25, 0.3) is 5.91 Å². The van der Waals surface area contributed by atoms with Crippen LogP contribution in [-0.4, -0.2) is 52.6 Å². The molecule has 3 N–H and O–H groups in total. The summed E-state index contributed by atoms with van der Waals surface area (Å²) in [5, 5.41) is 17.7. The SMILES string of the molecule is CN(C)C(=O)c1ccc(C[C@@H]2CC[C@H](C(O)c3ccc(NC(C)(C)C)nc3)N2)cc1. The van der Waals surface area contributed by atoms with E-state index in [9.17, 15) is 9.90 Å². The number of aliphatic hydroxyl groups is 1. The Morgan fingerprint density at radius 2 is 1.90 bits per heavy atom. The van der Waals surface area contributed by atoms with Gasteiger partial charge < -0.3 is 20.6 Å². The topological polar surface area (TPSA) is 77.5 Å². The zero-order valence-electron chi connectivity index (χ0n) is 18.6. The molecule has 1 unspecified atom stereocenters. The Morgan fingerprint density at radius 1 is 1.20 bits per heavy atom. The fraction of sp³-hybridized carbons (Fsp3) is 0.500. The molecule has 0 aliphatic carbocycles. The fourth-order valence-corrected chi connectivity index (χ4v) is 3.86. The molecule has 2 heterocycles. The highest BCUT2D eigenvalue weighted by Gasteiger charge is 2.30. The second-order valence-corrected chi connectivity index (χ2v) is 9.44. The summed E-state index contributed by atoms with van der Waals surface area (Å²) in [5.41, 5.74) is 2.68. The Bertz CT molecular complexity index is 841. The van der Waals surface area contributed by atoms with Gasteiger partial charge in [-0.25, -0.2) is 4.98 Å². The number of hydrogen-bond donors (Lipinski definition) is 3. The number of anilines is 1. The van der Waals surface area contributed by atoms with E-state index in [4.69, 9.17) is 0 Å². The quantitative estimate of drug-likeness (QED) is 0.680. The number of aliphatic hydroxyl groups excluding tert-OH is 1. The van der Waals surface area contributed by atoms with Crippen LogP contribution in [0, 0.1) is 0 Å². The van der Waals surface area contributed by atoms with E-state index in [0.29, 0.717) is 11.6 Å². The van der Waals surface area contributed by atoms with Crippen molar-refractivity contribution in [3.05, 3.63) is 59.3 Å². The van der Waals surface area contributed by atoms with Crippen LogP contribution in [0.3, 0.4) is 0 Å². The predicted octanol–water partition coefficient (Wildman–Crippen LogP) is 3.39. The van der Waals surface area contributed by atoms with Crippen molar-refractivity contribution in [2.24, 2.45) is 0 Å². The zero-order valence-corrected chi connectivity index (χ0v) is 18.6. The first-order chi connectivity index (χ1) is 14.1. The molecular formula is C24H34N4O2. The van der Waals surface area contributed by atoms with Crippen molar-refractivity contribution in [3.8, 4) is 0 Å². The monoisotopic (exact) mass is 410 g/mol. The summed E-state index contributed by atoms with van der Waals surface area (Å²) in [6.45, 7) is 6.27. The summed E-state index contributed by atoms with van der Waals surface area (Å²) in [4.78, 5) is 18.1. The second kappa shape index (κ2) is 9.14. The highest BCUT2D eigenvalue weighted by Crippen LogP contribution is 2.27. The van der Waals surface area contributed by atoms with Gasteiger partial charge in [0.15, 0.2) is 0 Å². The van der Waals surface area contributed by atoms with Gasteiger partial charge in [-0.1, -0.05) is 18.2 Å². The van der Waals surface area contributed by atoms with Gasteiger partial charge in [-0.15, -0.1) is 0 Å². The van der Waals surface area contributed by atoms with Crippen molar-refractivity contribution in [2.75, 3.05) is 19.4 Å². The third-order valence-corrected chi connectivity index (χ3v) is 5.38. The molecule has 0 bridgehead atoms. The zero-order chi connectivity index (χ0) is 21.9. The molecular weight excluding hydrogens is 376 g/mol. The fourth-order valence-electron chi connectivity index (χ4n) is 3.86. The maximum Gasteiger partial charge on any atom is 0.253 e. The lowest BCUT2D eigenvalue weighted by atomic mass is 10.0. The van der Waals surface area contributed by atoms with Crippen molar-refractivity contribution in [2.45, 2.75) is 63.8 Å². The van der Waals surface area contributed by atoms with E-state index in [1.807, 2.05) is 36.4 Å². The van der Waals surface area contributed by atoms with Gasteiger partial charge in [0.1, 0.15) is 5.82 Å². The number of carbonyl (C=O) groups is 1. The largest absolute Gasteiger partial charge is 0.387 e. The lowest BCUT2D eigenvalue weighted by molar-refractivity contribution is 0.0827.